The van der Waals surface area contributed by atoms with Crippen LogP contribution in [0.3, 0.4) is 0 Å². The molecule has 0 bridgehead atoms. The third-order valence-electron chi connectivity index (χ3n) is 6.71. The van der Waals surface area contributed by atoms with E-state index in [0.717, 1.165) is 50.4 Å². The van der Waals surface area contributed by atoms with Crippen LogP contribution in [0.1, 0.15) is 129 Å². The van der Waals surface area contributed by atoms with Gasteiger partial charge in [-0.2, -0.15) is 0 Å². The summed E-state index contributed by atoms with van der Waals surface area (Å²) in [6.45, 7) is 10.0. The molecule has 0 rings (SSSR count). The van der Waals surface area contributed by atoms with E-state index in [4.69, 9.17) is 15.2 Å². The van der Waals surface area contributed by atoms with Crippen LogP contribution in [0, 0.1) is 0 Å². The first kappa shape index (κ1) is 36.5. The summed E-state index contributed by atoms with van der Waals surface area (Å²) in [5.41, 5.74) is 5.69. The molecule has 0 fully saturated rings. The lowest BCUT2D eigenvalue weighted by Crippen LogP contribution is -3.00. The number of hydrogen-bond acceptors (Lipinski definition) is 3. The largest absolute Gasteiger partial charge is 1.00 e. The second-order valence-electron chi connectivity index (χ2n) is 10.9. The summed E-state index contributed by atoms with van der Waals surface area (Å²) >= 11 is 0. The van der Waals surface area contributed by atoms with Crippen LogP contribution in [0.25, 0.3) is 0 Å². The Labute approximate surface area is 225 Å². The third-order valence-corrected chi connectivity index (χ3v) is 6.71. The summed E-state index contributed by atoms with van der Waals surface area (Å²) in [6, 6.07) is 0. The van der Waals surface area contributed by atoms with Crippen LogP contribution in [0.5, 0.6) is 0 Å². The molecule has 2 N–H and O–H groups in total. The van der Waals surface area contributed by atoms with Gasteiger partial charge in [-0.25, -0.2) is 0 Å². The maximum Gasteiger partial charge on any atom is 0.130 e. The first-order valence-corrected chi connectivity index (χ1v) is 14.8. The molecule has 1 unspecified atom stereocenters. The van der Waals surface area contributed by atoms with Crippen molar-refractivity contribution in [3.05, 3.63) is 0 Å². The Hall–Kier alpha value is 0.320. The minimum Gasteiger partial charge on any atom is -1.00 e. The lowest BCUT2D eigenvalue weighted by atomic mass is 10.1. The van der Waals surface area contributed by atoms with E-state index in [1.54, 1.807) is 0 Å². The van der Waals surface area contributed by atoms with Crippen molar-refractivity contribution in [2.45, 2.75) is 136 Å². The third kappa shape index (κ3) is 26.9. The molecule has 0 radical (unpaired) electrons. The van der Waals surface area contributed by atoms with Gasteiger partial charge in [0.15, 0.2) is 0 Å². The van der Waals surface area contributed by atoms with Crippen molar-refractivity contribution in [3.8, 4) is 0 Å². The molecule has 0 saturated carbocycles. The Morgan fingerprint density at radius 2 is 1.09 bits per heavy atom. The van der Waals surface area contributed by atoms with Gasteiger partial charge in [0.05, 0.1) is 27.2 Å². The van der Waals surface area contributed by atoms with E-state index in [-0.39, 0.29) is 23.1 Å². The highest BCUT2D eigenvalue weighted by Gasteiger charge is 2.22. The highest BCUT2D eigenvalue weighted by atomic mass is 79.9. The second-order valence-corrected chi connectivity index (χ2v) is 10.9. The highest BCUT2D eigenvalue weighted by molar-refractivity contribution is 4.58. The summed E-state index contributed by atoms with van der Waals surface area (Å²) in [6.07, 6.45) is 24.0. The molecular formula is C29H63BrN2O2. The number of quaternary nitrogens is 1. The molecule has 0 saturated heterocycles. The van der Waals surface area contributed by atoms with Crippen LogP contribution >= 0.6 is 0 Å². The predicted molar refractivity (Wildman–Crippen MR) is 146 cm³/mol. The molecule has 0 heterocycles. The monoisotopic (exact) mass is 550 g/mol. The first-order chi connectivity index (χ1) is 16.1. The summed E-state index contributed by atoms with van der Waals surface area (Å²) in [5, 5.41) is 0. The van der Waals surface area contributed by atoms with Crippen LogP contribution in [-0.2, 0) is 9.47 Å². The van der Waals surface area contributed by atoms with Gasteiger partial charge in [-0.3, -0.25) is 0 Å². The van der Waals surface area contributed by atoms with E-state index in [2.05, 4.69) is 27.9 Å². The molecule has 0 aliphatic heterocycles. The zero-order valence-electron chi connectivity index (χ0n) is 23.8. The number of rotatable bonds is 27. The van der Waals surface area contributed by atoms with Gasteiger partial charge in [-0.1, -0.05) is 104 Å². The van der Waals surface area contributed by atoms with E-state index >= 15 is 0 Å². The number of unbranched alkanes of at least 4 members (excludes halogenated alkanes) is 15. The van der Waals surface area contributed by atoms with Gasteiger partial charge < -0.3 is 36.7 Å². The van der Waals surface area contributed by atoms with E-state index in [1.165, 1.54) is 109 Å². The van der Waals surface area contributed by atoms with Crippen LogP contribution in [0.15, 0.2) is 0 Å². The summed E-state index contributed by atoms with van der Waals surface area (Å²) in [4.78, 5) is 0. The maximum atomic E-state index is 6.35. The molecule has 1 atom stereocenters. The number of ether oxygens (including phenoxy) is 2. The number of hydrogen-bond donors (Lipinski definition) is 1. The Kier molecular flexibility index (Phi) is 29.9. The molecule has 5 heteroatoms. The van der Waals surface area contributed by atoms with E-state index in [0.29, 0.717) is 0 Å². The van der Waals surface area contributed by atoms with Gasteiger partial charge in [0.2, 0.25) is 0 Å². The fourth-order valence-electron chi connectivity index (χ4n) is 4.52. The standard InChI is InChI=1S/C29H63N2O2.BrH/c1-5-7-9-11-13-15-17-21-25-32-28-29(27-31(3,4)24-20-19-23-30)33-26-22-18-16-14-12-10-8-6-2;/h29H,5-28,30H2,1-4H3;1H/q+1;/p-1. The van der Waals surface area contributed by atoms with Crippen LogP contribution in [0.4, 0.5) is 0 Å². The average Bonchev–Trinajstić information content (AvgIpc) is 2.79. The lowest BCUT2D eigenvalue weighted by molar-refractivity contribution is -0.893. The van der Waals surface area contributed by atoms with Crippen molar-refractivity contribution >= 4 is 0 Å². The summed E-state index contributed by atoms with van der Waals surface area (Å²) in [7, 11) is 4.64. The minimum absolute atomic E-state index is 0. The molecule has 0 aromatic rings. The molecule has 0 amide bonds. The lowest BCUT2D eigenvalue weighted by Gasteiger charge is -2.33. The number of likely N-dealkylation sites (N-methyl/N-ethyl adjacent to an activating group) is 1. The van der Waals surface area contributed by atoms with Crippen LogP contribution in [-0.4, -0.2) is 64.1 Å². The van der Waals surface area contributed by atoms with Crippen molar-refractivity contribution in [1.29, 1.82) is 0 Å². The van der Waals surface area contributed by atoms with Gasteiger partial charge >= 0.3 is 0 Å². The molecular weight excluding hydrogens is 488 g/mol. The summed E-state index contributed by atoms with van der Waals surface area (Å²) in [5.74, 6) is 0. The molecule has 208 valence electrons. The second kappa shape index (κ2) is 27.9. The number of halogens is 1. The van der Waals surface area contributed by atoms with Gasteiger partial charge in [-0.05, 0) is 32.2 Å². The Bertz CT molecular complexity index is 383. The molecule has 0 aliphatic carbocycles. The fourth-order valence-corrected chi connectivity index (χ4v) is 4.52. The topological polar surface area (TPSA) is 44.5 Å². The molecule has 0 spiro atoms. The maximum absolute atomic E-state index is 6.35. The SMILES string of the molecule is CCCCCCCCCCOCC(C[N+](C)(C)CCCCN)OCCCCCCCCCC.[Br-]. The van der Waals surface area contributed by atoms with Crippen molar-refractivity contribution < 1.29 is 30.9 Å². The quantitative estimate of drug-likeness (QED) is 0.121. The zero-order chi connectivity index (χ0) is 24.5. The van der Waals surface area contributed by atoms with Gasteiger partial charge in [0.25, 0.3) is 0 Å². The molecule has 0 aromatic carbocycles. The van der Waals surface area contributed by atoms with Crippen molar-refractivity contribution in [3.63, 3.8) is 0 Å². The fraction of sp³-hybridized carbons (Fsp3) is 1.00. The highest BCUT2D eigenvalue weighted by Crippen LogP contribution is 2.12. The predicted octanol–water partition coefficient (Wildman–Crippen LogP) is 4.49. The van der Waals surface area contributed by atoms with Gasteiger partial charge in [-0.15, -0.1) is 0 Å². The molecule has 0 aromatic heterocycles. The zero-order valence-corrected chi connectivity index (χ0v) is 25.4. The Morgan fingerprint density at radius 1 is 0.618 bits per heavy atom. The first-order valence-electron chi connectivity index (χ1n) is 14.8. The smallest absolute Gasteiger partial charge is 0.130 e. The van der Waals surface area contributed by atoms with E-state index in [1.807, 2.05) is 0 Å². The van der Waals surface area contributed by atoms with Gasteiger partial charge in [0.1, 0.15) is 12.6 Å². The number of nitrogens with two attached hydrogens (primary N) is 1. The average molecular weight is 552 g/mol. The number of nitrogens with zero attached hydrogens (tertiary/aromatic N) is 1. The van der Waals surface area contributed by atoms with Crippen molar-refractivity contribution in [2.75, 3.05) is 53.6 Å². The Balaban J connectivity index is 0. The normalized spacial score (nSPS) is 12.6. The summed E-state index contributed by atoms with van der Waals surface area (Å²) < 4.78 is 13.4. The molecule has 4 nitrogen and oxygen atoms in total. The Morgan fingerprint density at radius 3 is 1.59 bits per heavy atom. The van der Waals surface area contributed by atoms with Crippen molar-refractivity contribution in [1.82, 2.24) is 0 Å². The van der Waals surface area contributed by atoms with Crippen LogP contribution < -0.4 is 22.7 Å². The molecule has 34 heavy (non-hydrogen) atoms. The van der Waals surface area contributed by atoms with E-state index in [9.17, 15) is 0 Å². The van der Waals surface area contributed by atoms with E-state index < -0.39 is 0 Å². The van der Waals surface area contributed by atoms with Gasteiger partial charge in [0, 0.05) is 13.2 Å². The molecule has 0 aliphatic rings. The van der Waals surface area contributed by atoms with Crippen molar-refractivity contribution in [2.24, 2.45) is 5.73 Å². The minimum atomic E-state index is 0. The van der Waals surface area contributed by atoms with Crippen LogP contribution in [0.2, 0.25) is 0 Å².